The number of azo groups is 1. The molecular weight excluding hydrogens is 592 g/mol. The smallest absolute Gasteiger partial charge is 0.261 e. The van der Waals surface area contributed by atoms with E-state index in [2.05, 4.69) is 20.3 Å². The average molecular weight is 609 g/mol. The molecular formula is C26H17ClN6O6S2. The zero-order valence-electron chi connectivity index (χ0n) is 20.8. The van der Waals surface area contributed by atoms with Crippen LogP contribution in [0, 0.1) is 22.7 Å². The molecule has 0 saturated carbocycles. The molecule has 206 valence electrons. The van der Waals surface area contributed by atoms with Gasteiger partial charge in [-0.1, -0.05) is 18.2 Å². The number of phenols is 1. The van der Waals surface area contributed by atoms with Gasteiger partial charge in [0.1, 0.15) is 17.9 Å². The third kappa shape index (κ3) is 6.59. The first kappa shape index (κ1) is 29.0. The lowest BCUT2D eigenvalue weighted by molar-refractivity contribution is 0.102. The van der Waals surface area contributed by atoms with Gasteiger partial charge in [-0.05, 0) is 48.5 Å². The third-order valence-electron chi connectivity index (χ3n) is 5.55. The van der Waals surface area contributed by atoms with E-state index in [4.69, 9.17) is 15.9 Å². The van der Waals surface area contributed by atoms with E-state index in [1.54, 1.807) is 0 Å². The molecule has 1 amide bonds. The quantitative estimate of drug-likeness (QED) is 0.143. The van der Waals surface area contributed by atoms with Gasteiger partial charge in [-0.2, -0.15) is 15.6 Å². The molecule has 0 aliphatic carbocycles. The zero-order valence-corrected chi connectivity index (χ0v) is 23.2. The molecule has 0 aromatic heterocycles. The van der Waals surface area contributed by atoms with Crippen molar-refractivity contribution in [2.75, 3.05) is 16.3 Å². The summed E-state index contributed by atoms with van der Waals surface area (Å²) in [5.74, 6) is -1.23. The number of benzene rings is 4. The molecule has 0 unspecified atom stereocenters. The highest BCUT2D eigenvalue weighted by molar-refractivity contribution is 8.13. The van der Waals surface area contributed by atoms with Gasteiger partial charge in [0, 0.05) is 27.0 Å². The summed E-state index contributed by atoms with van der Waals surface area (Å²) in [7, 11) is -2.50. The Morgan fingerprint density at radius 2 is 1.61 bits per heavy atom. The van der Waals surface area contributed by atoms with Crippen LogP contribution in [0.1, 0.15) is 21.5 Å². The monoisotopic (exact) mass is 608 g/mol. The number of amides is 1. The second-order valence-electron chi connectivity index (χ2n) is 8.47. The molecule has 0 aliphatic rings. The van der Waals surface area contributed by atoms with Gasteiger partial charge in [0.2, 0.25) is 10.0 Å². The van der Waals surface area contributed by atoms with Crippen LogP contribution in [0.2, 0.25) is 0 Å². The van der Waals surface area contributed by atoms with E-state index in [9.17, 15) is 32.0 Å². The predicted molar refractivity (Wildman–Crippen MR) is 152 cm³/mol. The molecule has 12 nitrogen and oxygen atoms in total. The van der Waals surface area contributed by atoms with E-state index in [0.717, 1.165) is 12.3 Å². The van der Waals surface area contributed by atoms with Crippen LogP contribution in [0.5, 0.6) is 5.75 Å². The molecule has 0 radical (unpaired) electrons. The van der Waals surface area contributed by atoms with Crippen molar-refractivity contribution in [2.45, 2.75) is 4.90 Å². The lowest BCUT2D eigenvalue weighted by Gasteiger charge is -2.15. The fraction of sp³-hybridized carbons (Fsp3) is 0.0385. The lowest BCUT2D eigenvalue weighted by Crippen LogP contribution is -2.13. The predicted octanol–water partition coefficient (Wildman–Crippen LogP) is 5.26. The molecule has 0 fully saturated rings. The van der Waals surface area contributed by atoms with Crippen LogP contribution in [-0.2, 0) is 19.1 Å². The van der Waals surface area contributed by atoms with Crippen molar-refractivity contribution in [2.24, 2.45) is 10.2 Å². The summed E-state index contributed by atoms with van der Waals surface area (Å²) in [5, 5.41) is 40.5. The summed E-state index contributed by atoms with van der Waals surface area (Å²) in [6.45, 7) is 0. The van der Waals surface area contributed by atoms with Gasteiger partial charge in [-0.25, -0.2) is 16.8 Å². The van der Waals surface area contributed by atoms with Gasteiger partial charge in [-0.15, -0.1) is 5.11 Å². The van der Waals surface area contributed by atoms with Crippen LogP contribution >= 0.6 is 10.7 Å². The van der Waals surface area contributed by atoms with Crippen LogP contribution in [0.25, 0.3) is 10.8 Å². The zero-order chi connectivity index (χ0) is 29.9. The normalized spacial score (nSPS) is 11.6. The topological polar surface area (TPSA) is 202 Å². The maximum atomic E-state index is 13.0. The van der Waals surface area contributed by atoms with Crippen molar-refractivity contribution in [1.29, 1.82) is 10.5 Å². The molecule has 0 aliphatic heterocycles. The number of aromatic hydroxyl groups is 1. The number of halogens is 1. The second kappa shape index (κ2) is 11.2. The van der Waals surface area contributed by atoms with E-state index in [1.165, 1.54) is 60.7 Å². The maximum Gasteiger partial charge on any atom is 0.261 e. The van der Waals surface area contributed by atoms with Crippen molar-refractivity contribution < 1.29 is 26.7 Å². The highest BCUT2D eigenvalue weighted by Gasteiger charge is 2.20. The van der Waals surface area contributed by atoms with Gasteiger partial charge in [0.25, 0.3) is 15.0 Å². The van der Waals surface area contributed by atoms with Gasteiger partial charge >= 0.3 is 0 Å². The average Bonchev–Trinajstić information content (AvgIpc) is 2.92. The summed E-state index contributed by atoms with van der Waals surface area (Å²) in [6, 6.07) is 18.5. The number of phenolic OH excluding ortho intramolecular Hbond substituents is 1. The number of hydrogen-bond donors (Lipinski definition) is 3. The number of anilines is 2. The van der Waals surface area contributed by atoms with Crippen molar-refractivity contribution >= 4 is 69.2 Å². The van der Waals surface area contributed by atoms with Crippen LogP contribution < -0.4 is 10.0 Å². The molecule has 4 aromatic carbocycles. The van der Waals surface area contributed by atoms with Crippen LogP contribution in [0.4, 0.5) is 22.7 Å². The SMILES string of the molecule is CS(=O)(=O)Nc1cccc2c(O)c(NC(=O)c3cccc(S(=O)(=O)Cl)c3)cc(N=Nc3ccc(C#N)c(C#N)c3)c12. The Balaban J connectivity index is 1.87. The fourth-order valence-electron chi connectivity index (χ4n) is 3.79. The molecule has 4 aromatic rings. The van der Waals surface area contributed by atoms with Crippen molar-refractivity contribution in [3.8, 4) is 17.9 Å². The van der Waals surface area contributed by atoms with Gasteiger partial charge in [-0.3, -0.25) is 9.52 Å². The van der Waals surface area contributed by atoms with Crippen LogP contribution in [0.15, 0.2) is 81.9 Å². The molecule has 0 atom stereocenters. The fourth-order valence-corrected chi connectivity index (χ4v) is 5.15. The Morgan fingerprint density at radius 1 is 0.902 bits per heavy atom. The van der Waals surface area contributed by atoms with Crippen molar-refractivity contribution in [1.82, 2.24) is 0 Å². The minimum atomic E-state index is -4.12. The molecule has 41 heavy (non-hydrogen) atoms. The summed E-state index contributed by atoms with van der Waals surface area (Å²) in [4.78, 5) is 12.7. The Kier molecular flexibility index (Phi) is 7.93. The number of rotatable bonds is 7. The van der Waals surface area contributed by atoms with Gasteiger partial charge < -0.3 is 10.4 Å². The number of carbonyl (C=O) groups excluding carboxylic acids is 1. The first-order valence-corrected chi connectivity index (χ1v) is 15.5. The summed E-state index contributed by atoms with van der Waals surface area (Å²) in [6.07, 6.45) is 0.941. The first-order chi connectivity index (χ1) is 19.3. The molecule has 15 heteroatoms. The number of fused-ring (bicyclic) bond motifs is 1. The standard InChI is InChI=1S/C26H17ClN6O6S2/c1-40(36,37)33-21-7-3-6-20-24(21)22(32-31-18-9-8-16(13-28)17(10-18)14-29)12-23(25(20)34)30-26(35)15-4-2-5-19(11-15)41(27,38)39/h2-12,33-34H,1H3,(H,30,35). The van der Waals surface area contributed by atoms with E-state index in [1.807, 2.05) is 12.1 Å². The lowest BCUT2D eigenvalue weighted by atomic mass is 10.0. The Morgan fingerprint density at radius 3 is 2.27 bits per heavy atom. The van der Waals surface area contributed by atoms with Gasteiger partial charge in [0.05, 0.1) is 45.0 Å². The minimum absolute atomic E-state index is 0.0137. The summed E-state index contributed by atoms with van der Waals surface area (Å²) < 4.78 is 49.8. The Hall–Kier alpha value is -5.02. The number of nitrogens with zero attached hydrogens (tertiary/aromatic N) is 4. The molecule has 0 spiro atoms. The van der Waals surface area contributed by atoms with Gasteiger partial charge in [0.15, 0.2) is 0 Å². The Bertz CT molecular complexity index is 2070. The maximum absolute atomic E-state index is 13.0. The summed E-state index contributed by atoms with van der Waals surface area (Å²) >= 11 is 0. The van der Waals surface area contributed by atoms with Crippen molar-refractivity contribution in [3.63, 3.8) is 0 Å². The number of hydrogen-bond acceptors (Lipinski definition) is 10. The number of nitriles is 2. The highest BCUT2D eigenvalue weighted by atomic mass is 35.7. The van der Waals surface area contributed by atoms with Crippen molar-refractivity contribution in [3.05, 3.63) is 83.4 Å². The number of nitrogens with one attached hydrogen (secondary N) is 2. The third-order valence-corrected chi connectivity index (χ3v) is 7.49. The first-order valence-electron chi connectivity index (χ1n) is 11.3. The Labute approximate surface area is 238 Å². The van der Waals surface area contributed by atoms with E-state index in [0.29, 0.717) is 0 Å². The van der Waals surface area contributed by atoms with E-state index >= 15 is 0 Å². The number of carbonyl (C=O) groups is 1. The van der Waals surface area contributed by atoms with E-state index < -0.39 is 30.7 Å². The molecule has 0 saturated heterocycles. The van der Waals surface area contributed by atoms with E-state index in [-0.39, 0.29) is 55.1 Å². The largest absolute Gasteiger partial charge is 0.505 e. The second-order valence-corrected chi connectivity index (χ2v) is 12.8. The highest BCUT2D eigenvalue weighted by Crippen LogP contribution is 2.43. The van der Waals surface area contributed by atoms with Crippen LogP contribution in [0.3, 0.4) is 0 Å². The molecule has 0 heterocycles. The molecule has 4 rings (SSSR count). The molecule has 3 N–H and O–H groups in total. The number of sulfonamides is 1. The van der Waals surface area contributed by atoms with Crippen LogP contribution in [-0.4, -0.2) is 34.1 Å². The minimum Gasteiger partial charge on any atom is -0.505 e. The summed E-state index contributed by atoms with van der Waals surface area (Å²) in [5.41, 5.74) is 0.239. The molecule has 0 bridgehead atoms.